The van der Waals surface area contributed by atoms with Crippen molar-refractivity contribution in [3.05, 3.63) is 23.3 Å². The Hall–Kier alpha value is -2.26. The third-order valence-corrected chi connectivity index (χ3v) is 7.13. The summed E-state index contributed by atoms with van der Waals surface area (Å²) in [6.07, 6.45) is 9.23. The number of hydrogen-bond donors (Lipinski definition) is 1. The van der Waals surface area contributed by atoms with Crippen LogP contribution in [0.1, 0.15) is 60.9 Å². The number of methoxy groups -OCH3 is 2. The van der Waals surface area contributed by atoms with Crippen LogP contribution in [0.2, 0.25) is 0 Å². The van der Waals surface area contributed by atoms with Gasteiger partial charge in [-0.3, -0.25) is 9.69 Å². The topological polar surface area (TPSA) is 74.6 Å². The number of hydrogen-bond acceptors (Lipinski definition) is 5. The normalized spacial score (nSPS) is 29.1. The maximum atomic E-state index is 13.0. The summed E-state index contributed by atoms with van der Waals surface area (Å²) in [5.74, 6) is 2.34. The standard InChI is InChI=1S/C23H31N3O3/c1-28-20-12-21(29-2)19(11-17(20)13-24)23(27)25-18-9-10-26(14-18)22-15-5-3-6-16(22)8-4-7-15/h11-12,15-16,18,22H,3-10,14H2,1-2H3,(H,25,27). The first-order valence-electron chi connectivity index (χ1n) is 10.9. The van der Waals surface area contributed by atoms with E-state index >= 15 is 0 Å². The van der Waals surface area contributed by atoms with E-state index in [1.165, 1.54) is 52.7 Å². The quantitative estimate of drug-likeness (QED) is 0.825. The Balaban J connectivity index is 1.44. The fourth-order valence-electron chi connectivity index (χ4n) is 5.84. The molecule has 0 spiro atoms. The van der Waals surface area contributed by atoms with Crippen molar-refractivity contribution in [3.63, 3.8) is 0 Å². The van der Waals surface area contributed by atoms with Crippen molar-refractivity contribution in [2.75, 3.05) is 27.3 Å². The molecule has 3 fully saturated rings. The van der Waals surface area contributed by atoms with Crippen LogP contribution in [-0.2, 0) is 0 Å². The van der Waals surface area contributed by atoms with Crippen molar-refractivity contribution in [1.82, 2.24) is 10.2 Å². The molecule has 2 bridgehead atoms. The highest BCUT2D eigenvalue weighted by atomic mass is 16.5. The lowest BCUT2D eigenvalue weighted by molar-refractivity contribution is 0.0346. The van der Waals surface area contributed by atoms with Crippen LogP contribution in [0.15, 0.2) is 12.1 Å². The highest BCUT2D eigenvalue weighted by Gasteiger charge is 2.42. The summed E-state index contributed by atoms with van der Waals surface area (Å²) in [5.41, 5.74) is 0.722. The highest BCUT2D eigenvalue weighted by Crippen LogP contribution is 2.43. The molecule has 1 saturated heterocycles. The van der Waals surface area contributed by atoms with Crippen LogP contribution in [0, 0.1) is 23.2 Å². The van der Waals surface area contributed by atoms with Gasteiger partial charge < -0.3 is 14.8 Å². The Bertz CT molecular complexity index is 781. The van der Waals surface area contributed by atoms with Gasteiger partial charge in [-0.1, -0.05) is 12.8 Å². The summed E-state index contributed by atoms with van der Waals surface area (Å²) >= 11 is 0. The molecule has 1 aromatic rings. The molecule has 1 amide bonds. The lowest BCUT2D eigenvalue weighted by atomic mass is 9.68. The molecule has 1 N–H and O–H groups in total. The first-order chi connectivity index (χ1) is 14.1. The number of likely N-dealkylation sites (tertiary alicyclic amines) is 1. The van der Waals surface area contributed by atoms with Gasteiger partial charge in [0.2, 0.25) is 0 Å². The van der Waals surface area contributed by atoms with Crippen LogP contribution in [0.3, 0.4) is 0 Å². The van der Waals surface area contributed by atoms with Crippen molar-refractivity contribution in [3.8, 4) is 17.6 Å². The van der Waals surface area contributed by atoms with Crippen LogP contribution in [0.5, 0.6) is 11.5 Å². The smallest absolute Gasteiger partial charge is 0.255 e. The van der Waals surface area contributed by atoms with E-state index in [-0.39, 0.29) is 11.9 Å². The Kier molecular flexibility index (Phi) is 5.96. The van der Waals surface area contributed by atoms with Crippen molar-refractivity contribution < 1.29 is 14.3 Å². The zero-order valence-electron chi connectivity index (χ0n) is 17.4. The lowest BCUT2D eigenvalue weighted by Crippen LogP contribution is -2.50. The fraction of sp³-hybridized carbons (Fsp3) is 0.652. The molecule has 156 valence electrons. The van der Waals surface area contributed by atoms with Gasteiger partial charge in [-0.25, -0.2) is 0 Å². The van der Waals surface area contributed by atoms with Gasteiger partial charge in [-0.05, 0) is 50.0 Å². The number of carbonyl (C=O) groups is 1. The van der Waals surface area contributed by atoms with Gasteiger partial charge in [0.15, 0.2) is 0 Å². The minimum absolute atomic E-state index is 0.141. The van der Waals surface area contributed by atoms with Gasteiger partial charge >= 0.3 is 0 Å². The molecule has 2 aliphatic carbocycles. The average Bonchev–Trinajstić information content (AvgIpc) is 3.20. The first-order valence-corrected chi connectivity index (χ1v) is 10.9. The van der Waals surface area contributed by atoms with Gasteiger partial charge in [0, 0.05) is 31.2 Å². The molecule has 0 aromatic heterocycles. The average molecular weight is 398 g/mol. The van der Waals surface area contributed by atoms with Crippen LogP contribution >= 0.6 is 0 Å². The van der Waals surface area contributed by atoms with Crippen molar-refractivity contribution >= 4 is 5.91 Å². The number of fused-ring (bicyclic) bond motifs is 2. The van der Waals surface area contributed by atoms with Gasteiger partial charge in [0.05, 0.1) is 25.3 Å². The molecule has 1 aromatic carbocycles. The molecule has 6 heteroatoms. The molecule has 1 unspecified atom stereocenters. The zero-order chi connectivity index (χ0) is 20.4. The van der Waals surface area contributed by atoms with E-state index in [2.05, 4.69) is 16.3 Å². The van der Waals surface area contributed by atoms with E-state index in [1.807, 2.05) is 0 Å². The zero-order valence-corrected chi connectivity index (χ0v) is 17.4. The van der Waals surface area contributed by atoms with Crippen LogP contribution < -0.4 is 14.8 Å². The number of benzene rings is 1. The molecule has 6 nitrogen and oxygen atoms in total. The molecule has 1 aliphatic heterocycles. The second kappa shape index (κ2) is 8.62. The predicted octanol–water partition coefficient (Wildman–Crippen LogP) is 3.35. The van der Waals surface area contributed by atoms with E-state index in [1.54, 1.807) is 12.1 Å². The summed E-state index contributed by atoms with van der Waals surface area (Å²) in [5, 5.41) is 12.5. The third-order valence-electron chi connectivity index (χ3n) is 7.13. The number of nitriles is 1. The largest absolute Gasteiger partial charge is 0.496 e. The van der Waals surface area contributed by atoms with Gasteiger partial charge in [-0.15, -0.1) is 0 Å². The number of carbonyl (C=O) groups excluding carboxylic acids is 1. The second-order valence-corrected chi connectivity index (χ2v) is 8.69. The highest BCUT2D eigenvalue weighted by molar-refractivity contribution is 5.98. The number of rotatable bonds is 5. The summed E-state index contributed by atoms with van der Waals surface area (Å²) in [6.45, 7) is 1.98. The summed E-state index contributed by atoms with van der Waals surface area (Å²) in [7, 11) is 3.03. The number of ether oxygens (including phenoxy) is 2. The molecular formula is C23H31N3O3. The van der Waals surface area contributed by atoms with Gasteiger partial charge in [0.25, 0.3) is 5.91 Å². The van der Waals surface area contributed by atoms with Gasteiger partial charge in [-0.2, -0.15) is 5.26 Å². The first kappa shape index (κ1) is 20.0. The summed E-state index contributed by atoms with van der Waals surface area (Å²) in [4.78, 5) is 15.6. The maximum absolute atomic E-state index is 13.0. The van der Waals surface area contributed by atoms with E-state index in [9.17, 15) is 10.1 Å². The molecular weight excluding hydrogens is 366 g/mol. The van der Waals surface area contributed by atoms with Crippen molar-refractivity contribution in [1.29, 1.82) is 5.26 Å². The molecule has 29 heavy (non-hydrogen) atoms. The molecule has 1 atom stereocenters. The molecule has 4 rings (SSSR count). The number of nitrogens with one attached hydrogen (secondary N) is 1. The van der Waals surface area contributed by atoms with E-state index < -0.39 is 0 Å². The Morgan fingerprint density at radius 1 is 1.07 bits per heavy atom. The van der Waals surface area contributed by atoms with E-state index in [0.717, 1.165) is 31.3 Å². The van der Waals surface area contributed by atoms with Gasteiger partial charge in [0.1, 0.15) is 17.6 Å². The van der Waals surface area contributed by atoms with Crippen molar-refractivity contribution in [2.45, 2.75) is 57.0 Å². The molecule has 2 saturated carbocycles. The minimum atomic E-state index is -0.184. The number of amides is 1. The second-order valence-electron chi connectivity index (χ2n) is 8.69. The van der Waals surface area contributed by atoms with Crippen molar-refractivity contribution in [2.24, 2.45) is 11.8 Å². The van der Waals surface area contributed by atoms with Crippen LogP contribution in [0.25, 0.3) is 0 Å². The Morgan fingerprint density at radius 2 is 1.72 bits per heavy atom. The number of nitrogens with zero attached hydrogens (tertiary/aromatic N) is 2. The molecule has 0 radical (unpaired) electrons. The van der Waals surface area contributed by atoms with Crippen LogP contribution in [-0.4, -0.2) is 50.2 Å². The Morgan fingerprint density at radius 3 is 2.31 bits per heavy atom. The minimum Gasteiger partial charge on any atom is -0.496 e. The fourth-order valence-corrected chi connectivity index (χ4v) is 5.84. The Labute approximate surface area is 173 Å². The molecule has 1 heterocycles. The lowest BCUT2D eigenvalue weighted by Gasteiger charge is -2.47. The van der Waals surface area contributed by atoms with E-state index in [4.69, 9.17) is 9.47 Å². The van der Waals surface area contributed by atoms with E-state index in [0.29, 0.717) is 28.7 Å². The predicted molar refractivity (Wildman–Crippen MR) is 110 cm³/mol. The maximum Gasteiger partial charge on any atom is 0.255 e. The molecule has 3 aliphatic rings. The monoisotopic (exact) mass is 397 g/mol. The summed E-state index contributed by atoms with van der Waals surface area (Å²) < 4.78 is 10.6. The third kappa shape index (κ3) is 3.93. The summed E-state index contributed by atoms with van der Waals surface area (Å²) in [6, 6.07) is 6.11. The SMILES string of the molecule is COc1cc(OC)c(C(=O)NC2CCN(C3C4CCCC3CCC4)C2)cc1C#N. The van der Waals surface area contributed by atoms with Crippen LogP contribution in [0.4, 0.5) is 0 Å².